The molecule has 0 saturated carbocycles. The number of aryl methyl sites for hydroxylation is 1. The minimum absolute atomic E-state index is 0.217. The number of hydrogen-bond donors (Lipinski definition) is 0. The van der Waals surface area contributed by atoms with Gasteiger partial charge >= 0.3 is 5.97 Å². The zero-order chi connectivity index (χ0) is 16.4. The Hall–Kier alpha value is -1.05. The Morgan fingerprint density at radius 1 is 1.36 bits per heavy atom. The maximum Gasteiger partial charge on any atom is 0.374 e. The minimum atomic E-state index is -0.461. The number of fused-ring (bicyclic) bond motifs is 1. The summed E-state index contributed by atoms with van der Waals surface area (Å²) in [6, 6.07) is 1.87. The molecule has 0 fully saturated rings. The van der Waals surface area contributed by atoms with Gasteiger partial charge in [-0.25, -0.2) is 4.79 Å². The molecule has 0 N–H and O–H groups in total. The van der Waals surface area contributed by atoms with Gasteiger partial charge in [-0.15, -0.1) is 0 Å². The first kappa shape index (κ1) is 17.3. The van der Waals surface area contributed by atoms with Crippen LogP contribution in [0.5, 0.6) is 5.75 Å². The lowest BCUT2D eigenvalue weighted by atomic mass is 10.1. The first-order valence-corrected chi connectivity index (χ1v) is 8.22. The SMILES string of the molecule is COc1c(Br)cc2c(C)c(C(=O)OCCN(C)C)oc2c1Br. The Bertz CT molecular complexity index is 709. The van der Waals surface area contributed by atoms with Crippen LogP contribution in [0.4, 0.5) is 0 Å². The Kier molecular flexibility index (Phi) is 5.52. The maximum absolute atomic E-state index is 12.2. The van der Waals surface area contributed by atoms with Crippen LogP contribution < -0.4 is 4.74 Å². The van der Waals surface area contributed by atoms with Gasteiger partial charge in [0.1, 0.15) is 11.1 Å². The molecule has 0 atom stereocenters. The van der Waals surface area contributed by atoms with Crippen molar-refractivity contribution in [1.29, 1.82) is 0 Å². The molecule has 0 spiro atoms. The van der Waals surface area contributed by atoms with E-state index in [4.69, 9.17) is 13.9 Å². The number of methoxy groups -OCH3 is 1. The number of likely N-dealkylation sites (N-methyl/N-ethyl adjacent to an activating group) is 1. The zero-order valence-electron chi connectivity index (χ0n) is 12.8. The fourth-order valence-corrected chi connectivity index (χ4v) is 3.56. The summed E-state index contributed by atoms with van der Waals surface area (Å²) in [6.07, 6.45) is 0. The van der Waals surface area contributed by atoms with E-state index in [0.717, 1.165) is 15.4 Å². The molecule has 1 heterocycles. The second-order valence-corrected chi connectivity index (χ2v) is 6.73. The average Bonchev–Trinajstić information content (AvgIpc) is 2.77. The lowest BCUT2D eigenvalue weighted by Crippen LogP contribution is -2.20. The summed E-state index contributed by atoms with van der Waals surface area (Å²) in [7, 11) is 5.41. The highest BCUT2D eigenvalue weighted by Gasteiger charge is 2.23. The number of benzene rings is 1. The average molecular weight is 435 g/mol. The van der Waals surface area contributed by atoms with Crippen molar-refractivity contribution in [2.75, 3.05) is 34.4 Å². The molecule has 1 aromatic carbocycles. The van der Waals surface area contributed by atoms with E-state index in [0.29, 0.717) is 29.0 Å². The summed E-state index contributed by atoms with van der Waals surface area (Å²) in [4.78, 5) is 14.1. The lowest BCUT2D eigenvalue weighted by molar-refractivity contribution is 0.0447. The van der Waals surface area contributed by atoms with E-state index < -0.39 is 5.97 Å². The van der Waals surface area contributed by atoms with Crippen LogP contribution in [-0.4, -0.2) is 45.2 Å². The molecule has 5 nitrogen and oxygen atoms in total. The van der Waals surface area contributed by atoms with Gasteiger partial charge in [0.25, 0.3) is 0 Å². The van der Waals surface area contributed by atoms with Crippen LogP contribution in [-0.2, 0) is 4.74 Å². The number of carbonyl (C=O) groups is 1. The summed E-state index contributed by atoms with van der Waals surface area (Å²) >= 11 is 6.90. The third-order valence-electron chi connectivity index (χ3n) is 3.24. The Labute approximate surface area is 145 Å². The molecule has 0 bridgehead atoms. The van der Waals surface area contributed by atoms with E-state index in [2.05, 4.69) is 31.9 Å². The van der Waals surface area contributed by atoms with Crippen molar-refractivity contribution >= 4 is 48.8 Å². The number of halogens is 2. The smallest absolute Gasteiger partial charge is 0.374 e. The summed E-state index contributed by atoms with van der Waals surface area (Å²) < 4.78 is 17.7. The maximum atomic E-state index is 12.2. The van der Waals surface area contributed by atoms with Crippen LogP contribution in [0, 0.1) is 6.92 Å². The van der Waals surface area contributed by atoms with E-state index in [1.165, 1.54) is 0 Å². The van der Waals surface area contributed by atoms with Crippen molar-refractivity contribution in [2.45, 2.75) is 6.92 Å². The molecular formula is C15H17Br2NO4. The second-order valence-electron chi connectivity index (χ2n) is 5.08. The Morgan fingerprint density at radius 2 is 2.05 bits per heavy atom. The second kappa shape index (κ2) is 7.02. The first-order chi connectivity index (χ1) is 10.4. The van der Waals surface area contributed by atoms with Gasteiger partial charge in [0.15, 0.2) is 11.3 Å². The van der Waals surface area contributed by atoms with Crippen molar-refractivity contribution in [3.63, 3.8) is 0 Å². The predicted molar refractivity (Wildman–Crippen MR) is 91.7 cm³/mol. The van der Waals surface area contributed by atoms with Crippen LogP contribution >= 0.6 is 31.9 Å². The zero-order valence-corrected chi connectivity index (χ0v) is 16.0. The van der Waals surface area contributed by atoms with Crippen molar-refractivity contribution in [3.05, 3.63) is 26.3 Å². The number of furan rings is 1. The number of nitrogens with zero attached hydrogens (tertiary/aromatic N) is 1. The Balaban J connectivity index is 2.38. The normalized spacial score (nSPS) is 11.2. The molecule has 0 amide bonds. The van der Waals surface area contributed by atoms with Crippen LogP contribution in [0.25, 0.3) is 11.0 Å². The topological polar surface area (TPSA) is 51.9 Å². The fraction of sp³-hybridized carbons (Fsp3) is 0.400. The molecule has 0 aliphatic heterocycles. The van der Waals surface area contributed by atoms with E-state index in [1.807, 2.05) is 32.0 Å². The van der Waals surface area contributed by atoms with Gasteiger partial charge in [0.2, 0.25) is 5.76 Å². The van der Waals surface area contributed by atoms with Crippen molar-refractivity contribution in [3.8, 4) is 5.75 Å². The minimum Gasteiger partial charge on any atom is -0.494 e. The molecular weight excluding hydrogens is 418 g/mol. The van der Waals surface area contributed by atoms with Gasteiger partial charge in [-0.3, -0.25) is 0 Å². The molecule has 2 rings (SSSR count). The summed E-state index contributed by atoms with van der Waals surface area (Å²) in [5.74, 6) is 0.376. The molecule has 0 radical (unpaired) electrons. The van der Waals surface area contributed by atoms with Crippen LogP contribution in [0.3, 0.4) is 0 Å². The summed E-state index contributed by atoms with van der Waals surface area (Å²) in [5, 5.41) is 0.833. The van der Waals surface area contributed by atoms with Crippen molar-refractivity contribution in [2.24, 2.45) is 0 Å². The fourth-order valence-electron chi connectivity index (χ4n) is 2.03. The van der Waals surface area contributed by atoms with E-state index in [1.54, 1.807) is 7.11 Å². The molecule has 0 unspecified atom stereocenters. The quantitative estimate of drug-likeness (QED) is 0.666. The number of esters is 1. The van der Waals surface area contributed by atoms with Gasteiger partial charge in [-0.1, -0.05) is 0 Å². The van der Waals surface area contributed by atoms with Crippen LogP contribution in [0.15, 0.2) is 19.4 Å². The third-order valence-corrected chi connectivity index (χ3v) is 4.55. The molecule has 120 valence electrons. The molecule has 7 heteroatoms. The molecule has 0 aliphatic rings. The van der Waals surface area contributed by atoms with Crippen LogP contribution in [0.2, 0.25) is 0 Å². The van der Waals surface area contributed by atoms with E-state index in [-0.39, 0.29) is 5.76 Å². The monoisotopic (exact) mass is 433 g/mol. The molecule has 2 aromatic rings. The van der Waals surface area contributed by atoms with Crippen LogP contribution in [0.1, 0.15) is 16.1 Å². The largest absolute Gasteiger partial charge is 0.494 e. The van der Waals surface area contributed by atoms with Gasteiger partial charge in [-0.05, 0) is 58.9 Å². The van der Waals surface area contributed by atoms with Gasteiger partial charge in [0.05, 0.1) is 11.6 Å². The number of carbonyl (C=O) groups excluding carboxylic acids is 1. The summed E-state index contributed by atoms with van der Waals surface area (Å²) in [6.45, 7) is 2.81. The van der Waals surface area contributed by atoms with Gasteiger partial charge < -0.3 is 18.8 Å². The third kappa shape index (κ3) is 3.31. The molecule has 22 heavy (non-hydrogen) atoms. The van der Waals surface area contributed by atoms with E-state index in [9.17, 15) is 4.79 Å². The van der Waals surface area contributed by atoms with Crippen molar-refractivity contribution < 1.29 is 18.7 Å². The highest BCUT2D eigenvalue weighted by atomic mass is 79.9. The summed E-state index contributed by atoms with van der Waals surface area (Å²) in [5.41, 5.74) is 1.31. The highest BCUT2D eigenvalue weighted by Crippen LogP contribution is 2.42. The van der Waals surface area contributed by atoms with Gasteiger partial charge in [-0.2, -0.15) is 0 Å². The van der Waals surface area contributed by atoms with Crippen molar-refractivity contribution in [1.82, 2.24) is 4.90 Å². The Morgan fingerprint density at radius 3 is 2.64 bits per heavy atom. The predicted octanol–water partition coefficient (Wildman–Crippen LogP) is 3.99. The first-order valence-electron chi connectivity index (χ1n) is 6.63. The molecule has 0 saturated heterocycles. The highest BCUT2D eigenvalue weighted by molar-refractivity contribution is 9.11. The number of ether oxygens (including phenoxy) is 2. The molecule has 1 aromatic heterocycles. The standard InChI is InChI=1S/C15H17Br2NO4/c1-8-9-7-10(16)14(20-4)11(17)13(9)22-12(8)15(19)21-6-5-18(2)3/h7H,5-6H2,1-4H3. The van der Waals surface area contributed by atoms with E-state index >= 15 is 0 Å². The molecule has 0 aliphatic carbocycles. The number of hydrogen-bond acceptors (Lipinski definition) is 5. The van der Waals surface area contributed by atoms with Gasteiger partial charge in [0, 0.05) is 17.5 Å². The lowest BCUT2D eigenvalue weighted by Gasteiger charge is -2.09. The number of rotatable bonds is 5.